The fourth-order valence-corrected chi connectivity index (χ4v) is 3.35. The number of ether oxygens (including phenoxy) is 1. The Bertz CT molecular complexity index is 633. The van der Waals surface area contributed by atoms with Crippen LogP contribution in [-0.2, 0) is 10.3 Å². The zero-order valence-electron chi connectivity index (χ0n) is 11.9. The molecule has 0 heterocycles. The van der Waals surface area contributed by atoms with Gasteiger partial charge in [-0.15, -0.1) is 0 Å². The smallest absolute Gasteiger partial charge is 0.169 e. The molecular weight excluding hydrogens is 266 g/mol. The van der Waals surface area contributed by atoms with Gasteiger partial charge in [0.1, 0.15) is 4.99 Å². The summed E-state index contributed by atoms with van der Waals surface area (Å²) in [5.74, 6) is 0. The predicted molar refractivity (Wildman–Crippen MR) is 86.0 cm³/mol. The van der Waals surface area contributed by atoms with E-state index in [1.165, 1.54) is 11.1 Å². The van der Waals surface area contributed by atoms with E-state index in [1.54, 1.807) is 7.11 Å². The molecule has 0 radical (unpaired) electrons. The molecule has 0 amide bonds. The Kier molecular flexibility index (Phi) is 3.11. The van der Waals surface area contributed by atoms with E-state index in [9.17, 15) is 0 Å². The summed E-state index contributed by atoms with van der Waals surface area (Å²) in [4.78, 5) is 2.73. The first kappa shape index (κ1) is 13.3. The summed E-state index contributed by atoms with van der Waals surface area (Å²) in [6.45, 7) is 0. The standard InChI is InChI=1S/C17H17NOS/c1-18(2)16(20)17(19-3)14-10-6-4-8-12(14)13-9-5-7-11-15(13)17/h4-11H,1-3H3. The van der Waals surface area contributed by atoms with Gasteiger partial charge in [0.05, 0.1) is 0 Å². The monoisotopic (exact) mass is 283 g/mol. The van der Waals surface area contributed by atoms with Gasteiger partial charge in [0, 0.05) is 32.3 Å². The number of methoxy groups -OCH3 is 1. The van der Waals surface area contributed by atoms with Gasteiger partial charge in [0.2, 0.25) is 0 Å². The molecule has 0 N–H and O–H groups in total. The molecule has 0 unspecified atom stereocenters. The van der Waals surface area contributed by atoms with E-state index in [0.717, 1.165) is 16.1 Å². The quantitative estimate of drug-likeness (QED) is 0.783. The maximum atomic E-state index is 5.99. The van der Waals surface area contributed by atoms with Crippen LogP contribution in [0.5, 0.6) is 0 Å². The number of hydrogen-bond donors (Lipinski definition) is 0. The minimum absolute atomic E-state index is 0.661. The van der Waals surface area contributed by atoms with Crippen LogP contribution in [-0.4, -0.2) is 31.1 Å². The summed E-state index contributed by atoms with van der Waals surface area (Å²) in [5.41, 5.74) is 4.00. The van der Waals surface area contributed by atoms with Gasteiger partial charge in [-0.25, -0.2) is 0 Å². The Morgan fingerprint density at radius 3 is 1.80 bits per heavy atom. The number of rotatable bonds is 2. The van der Waals surface area contributed by atoms with Crippen molar-refractivity contribution < 1.29 is 4.74 Å². The van der Waals surface area contributed by atoms with Crippen LogP contribution < -0.4 is 0 Å². The van der Waals surface area contributed by atoms with Crippen molar-refractivity contribution in [2.45, 2.75) is 5.60 Å². The van der Waals surface area contributed by atoms with Gasteiger partial charge < -0.3 is 9.64 Å². The van der Waals surface area contributed by atoms with Gasteiger partial charge >= 0.3 is 0 Å². The molecule has 2 aromatic rings. The third-order valence-electron chi connectivity index (χ3n) is 3.92. The second kappa shape index (κ2) is 4.69. The lowest BCUT2D eigenvalue weighted by atomic mass is 9.90. The maximum Gasteiger partial charge on any atom is 0.169 e. The second-order valence-corrected chi connectivity index (χ2v) is 5.56. The summed E-state index contributed by atoms with van der Waals surface area (Å²) in [7, 11) is 5.66. The van der Waals surface area contributed by atoms with Crippen LogP contribution >= 0.6 is 12.2 Å². The zero-order valence-corrected chi connectivity index (χ0v) is 12.7. The van der Waals surface area contributed by atoms with Crippen molar-refractivity contribution in [3.63, 3.8) is 0 Å². The first-order chi connectivity index (χ1) is 9.63. The van der Waals surface area contributed by atoms with Crippen molar-refractivity contribution in [3.8, 4) is 11.1 Å². The minimum atomic E-state index is -0.661. The van der Waals surface area contributed by atoms with Gasteiger partial charge in [0.15, 0.2) is 5.60 Å². The fourth-order valence-electron chi connectivity index (χ4n) is 3.05. The molecule has 0 aromatic heterocycles. The Morgan fingerprint density at radius 2 is 1.40 bits per heavy atom. The van der Waals surface area contributed by atoms with Crippen molar-refractivity contribution >= 4 is 17.2 Å². The Balaban J connectivity index is 2.37. The highest BCUT2D eigenvalue weighted by Crippen LogP contribution is 2.50. The van der Waals surface area contributed by atoms with E-state index in [-0.39, 0.29) is 0 Å². The van der Waals surface area contributed by atoms with E-state index < -0.39 is 5.60 Å². The van der Waals surface area contributed by atoms with E-state index in [2.05, 4.69) is 36.4 Å². The molecule has 102 valence electrons. The molecule has 1 aliphatic rings. The lowest BCUT2D eigenvalue weighted by molar-refractivity contribution is 0.0808. The maximum absolute atomic E-state index is 5.99. The molecule has 0 fully saturated rings. The van der Waals surface area contributed by atoms with E-state index in [0.29, 0.717) is 0 Å². The topological polar surface area (TPSA) is 12.5 Å². The largest absolute Gasteiger partial charge is 0.369 e. The molecule has 0 aliphatic heterocycles. The number of benzene rings is 2. The number of fused-ring (bicyclic) bond motifs is 3. The van der Waals surface area contributed by atoms with Crippen LogP contribution in [0, 0.1) is 0 Å². The van der Waals surface area contributed by atoms with Crippen molar-refractivity contribution in [1.29, 1.82) is 0 Å². The highest BCUT2D eigenvalue weighted by Gasteiger charge is 2.47. The van der Waals surface area contributed by atoms with Crippen LogP contribution in [0.1, 0.15) is 11.1 Å². The molecule has 0 saturated carbocycles. The van der Waals surface area contributed by atoms with Gasteiger partial charge in [-0.3, -0.25) is 0 Å². The lowest BCUT2D eigenvalue weighted by Crippen LogP contribution is -2.43. The average Bonchev–Trinajstić information content (AvgIpc) is 2.78. The predicted octanol–water partition coefficient (Wildman–Crippen LogP) is 3.45. The molecule has 3 rings (SSSR count). The lowest BCUT2D eigenvalue weighted by Gasteiger charge is -2.34. The number of thiocarbonyl (C=S) groups is 1. The number of hydrogen-bond acceptors (Lipinski definition) is 2. The van der Waals surface area contributed by atoms with Gasteiger partial charge in [-0.1, -0.05) is 60.7 Å². The third-order valence-corrected chi connectivity index (χ3v) is 4.57. The van der Waals surface area contributed by atoms with Gasteiger partial charge in [-0.2, -0.15) is 0 Å². The minimum Gasteiger partial charge on any atom is -0.369 e. The molecule has 0 atom stereocenters. The van der Waals surface area contributed by atoms with Crippen LogP contribution in [0.15, 0.2) is 48.5 Å². The molecule has 2 nitrogen and oxygen atoms in total. The molecule has 1 aliphatic carbocycles. The highest BCUT2D eigenvalue weighted by atomic mass is 32.1. The Labute approximate surface area is 125 Å². The number of nitrogens with zero attached hydrogens (tertiary/aromatic N) is 1. The summed E-state index contributed by atoms with van der Waals surface area (Å²) in [5, 5.41) is 0. The van der Waals surface area contributed by atoms with Crippen LogP contribution in [0.25, 0.3) is 11.1 Å². The summed E-state index contributed by atoms with van der Waals surface area (Å²) in [6.07, 6.45) is 0. The molecule has 0 saturated heterocycles. The number of likely N-dealkylation sites (N-methyl/N-ethyl adjacent to an activating group) is 1. The van der Waals surface area contributed by atoms with Crippen molar-refractivity contribution in [2.75, 3.05) is 21.2 Å². The van der Waals surface area contributed by atoms with Crippen LogP contribution in [0.3, 0.4) is 0 Å². The van der Waals surface area contributed by atoms with Gasteiger partial charge in [-0.05, 0) is 11.1 Å². The van der Waals surface area contributed by atoms with Crippen LogP contribution in [0.2, 0.25) is 0 Å². The first-order valence-corrected chi connectivity index (χ1v) is 7.00. The summed E-state index contributed by atoms with van der Waals surface area (Å²) in [6, 6.07) is 16.7. The molecule has 2 aromatic carbocycles. The normalized spacial score (nSPS) is 14.6. The van der Waals surface area contributed by atoms with E-state index >= 15 is 0 Å². The molecule has 20 heavy (non-hydrogen) atoms. The molecular formula is C17H17NOS. The Morgan fingerprint density at radius 1 is 0.950 bits per heavy atom. The molecule has 3 heteroatoms. The first-order valence-electron chi connectivity index (χ1n) is 6.59. The molecule has 0 spiro atoms. The van der Waals surface area contributed by atoms with E-state index in [4.69, 9.17) is 17.0 Å². The zero-order chi connectivity index (χ0) is 14.3. The highest BCUT2D eigenvalue weighted by molar-refractivity contribution is 7.80. The third kappa shape index (κ3) is 1.57. The summed E-state index contributed by atoms with van der Waals surface area (Å²) >= 11 is 5.70. The molecule has 0 bridgehead atoms. The summed E-state index contributed by atoms with van der Waals surface area (Å²) < 4.78 is 5.99. The van der Waals surface area contributed by atoms with Crippen molar-refractivity contribution in [1.82, 2.24) is 4.90 Å². The van der Waals surface area contributed by atoms with Crippen LogP contribution in [0.4, 0.5) is 0 Å². The average molecular weight is 283 g/mol. The van der Waals surface area contributed by atoms with Gasteiger partial charge in [0.25, 0.3) is 0 Å². The SMILES string of the molecule is COC1(C(=S)N(C)C)c2ccccc2-c2ccccc21. The Hall–Kier alpha value is -1.71. The fraction of sp³-hybridized carbons (Fsp3) is 0.235. The van der Waals surface area contributed by atoms with E-state index in [1.807, 2.05) is 31.1 Å². The second-order valence-electron chi connectivity index (χ2n) is 5.18. The van der Waals surface area contributed by atoms with Crippen molar-refractivity contribution in [2.24, 2.45) is 0 Å². The van der Waals surface area contributed by atoms with Crippen molar-refractivity contribution in [3.05, 3.63) is 59.7 Å².